The number of benzene rings is 1. The van der Waals surface area contributed by atoms with Crippen LogP contribution in [0, 0.1) is 0 Å². The third-order valence-corrected chi connectivity index (χ3v) is 2.69. The monoisotopic (exact) mass is 277 g/mol. The molecule has 0 saturated carbocycles. The molecule has 2 rings (SSSR count). The summed E-state index contributed by atoms with van der Waals surface area (Å²) in [7, 11) is 1.59. The lowest BCUT2D eigenvalue weighted by atomic mass is 10.2. The number of nitrogens with zero attached hydrogens (tertiary/aromatic N) is 1. The van der Waals surface area contributed by atoms with E-state index in [1.807, 2.05) is 24.3 Å². The van der Waals surface area contributed by atoms with Crippen molar-refractivity contribution in [3.05, 3.63) is 58.9 Å². The van der Waals surface area contributed by atoms with E-state index in [9.17, 15) is 4.79 Å². The van der Waals surface area contributed by atoms with Gasteiger partial charge in [-0.2, -0.15) is 0 Å². The molecule has 0 spiro atoms. The Kier molecular flexibility index (Phi) is 4.36. The van der Waals surface area contributed by atoms with Gasteiger partial charge in [0.1, 0.15) is 17.5 Å². The molecule has 0 atom stereocenters. The second-order valence-corrected chi connectivity index (χ2v) is 4.18. The van der Waals surface area contributed by atoms with Crippen molar-refractivity contribution in [3.8, 4) is 5.75 Å². The topological polar surface area (TPSA) is 48.4 Å². The second-order valence-electron chi connectivity index (χ2n) is 3.80. The Bertz CT molecular complexity index is 569. The Morgan fingerprint density at radius 1 is 1.32 bits per heavy atom. The number of ether oxygens (including phenoxy) is 2. The lowest BCUT2D eigenvalue weighted by molar-refractivity contribution is 0.0472. The van der Waals surface area contributed by atoms with Crippen molar-refractivity contribution < 1.29 is 14.3 Å². The molecule has 4 nitrogen and oxygen atoms in total. The Hall–Kier alpha value is -2.07. The van der Waals surface area contributed by atoms with E-state index in [0.29, 0.717) is 10.7 Å². The van der Waals surface area contributed by atoms with E-state index in [2.05, 4.69) is 4.98 Å². The van der Waals surface area contributed by atoms with E-state index in [-0.39, 0.29) is 6.61 Å². The Labute approximate surface area is 115 Å². The van der Waals surface area contributed by atoms with Gasteiger partial charge in [-0.3, -0.25) is 0 Å². The summed E-state index contributed by atoms with van der Waals surface area (Å²) in [4.78, 5) is 15.6. The molecule has 0 bridgehead atoms. The van der Waals surface area contributed by atoms with Gasteiger partial charge < -0.3 is 9.47 Å². The summed E-state index contributed by atoms with van der Waals surface area (Å²) in [6, 6.07) is 10.5. The quantitative estimate of drug-likeness (QED) is 0.636. The lowest BCUT2D eigenvalue weighted by Gasteiger charge is -2.06. The van der Waals surface area contributed by atoms with E-state index >= 15 is 0 Å². The van der Waals surface area contributed by atoms with Gasteiger partial charge in [-0.15, -0.1) is 0 Å². The van der Waals surface area contributed by atoms with E-state index in [4.69, 9.17) is 21.1 Å². The fourth-order valence-corrected chi connectivity index (χ4v) is 1.60. The van der Waals surface area contributed by atoms with Gasteiger partial charge in [0.2, 0.25) is 0 Å². The van der Waals surface area contributed by atoms with Crippen molar-refractivity contribution in [2.24, 2.45) is 0 Å². The number of hydrogen-bond donors (Lipinski definition) is 0. The summed E-state index contributed by atoms with van der Waals surface area (Å²) in [6.07, 6.45) is 1.39. The largest absolute Gasteiger partial charge is 0.497 e. The Morgan fingerprint density at radius 2 is 2.16 bits per heavy atom. The second kappa shape index (κ2) is 6.20. The van der Waals surface area contributed by atoms with Gasteiger partial charge in [0, 0.05) is 6.20 Å². The van der Waals surface area contributed by atoms with Crippen LogP contribution in [-0.4, -0.2) is 18.1 Å². The van der Waals surface area contributed by atoms with Crippen molar-refractivity contribution in [2.45, 2.75) is 6.61 Å². The van der Waals surface area contributed by atoms with E-state index in [1.54, 1.807) is 19.2 Å². The zero-order chi connectivity index (χ0) is 13.7. The number of methoxy groups -OCH3 is 1. The van der Waals surface area contributed by atoms with E-state index in [1.165, 1.54) is 6.20 Å². The third-order valence-electron chi connectivity index (χ3n) is 2.47. The summed E-state index contributed by atoms with van der Waals surface area (Å²) in [5.74, 6) is 0.286. The van der Waals surface area contributed by atoms with Crippen LogP contribution in [0.3, 0.4) is 0 Å². The highest BCUT2D eigenvalue weighted by molar-refractivity contribution is 6.29. The number of esters is 1. The number of rotatable bonds is 4. The molecule has 0 aliphatic rings. The lowest BCUT2D eigenvalue weighted by Crippen LogP contribution is -2.05. The van der Waals surface area contributed by atoms with Crippen LogP contribution in [0.1, 0.15) is 15.9 Å². The molecule has 0 fully saturated rings. The molecule has 19 heavy (non-hydrogen) atoms. The van der Waals surface area contributed by atoms with Gasteiger partial charge in [0.25, 0.3) is 0 Å². The SMILES string of the molecule is COc1cccc(COC(=O)c2ccc(Cl)nc2)c1. The summed E-state index contributed by atoms with van der Waals surface area (Å²) in [5.41, 5.74) is 1.22. The molecular weight excluding hydrogens is 266 g/mol. The molecule has 0 unspecified atom stereocenters. The van der Waals surface area contributed by atoms with Crippen molar-refractivity contribution in [2.75, 3.05) is 7.11 Å². The van der Waals surface area contributed by atoms with Crippen LogP contribution in [0.15, 0.2) is 42.6 Å². The van der Waals surface area contributed by atoms with Crippen molar-refractivity contribution in [1.82, 2.24) is 4.98 Å². The molecule has 1 aromatic carbocycles. The first-order valence-electron chi connectivity index (χ1n) is 5.60. The maximum Gasteiger partial charge on any atom is 0.340 e. The Morgan fingerprint density at radius 3 is 2.84 bits per heavy atom. The number of pyridine rings is 1. The molecular formula is C14H12ClNO3. The fourth-order valence-electron chi connectivity index (χ4n) is 1.49. The molecule has 98 valence electrons. The highest BCUT2D eigenvalue weighted by Crippen LogP contribution is 2.14. The van der Waals surface area contributed by atoms with Crippen molar-refractivity contribution in [3.63, 3.8) is 0 Å². The van der Waals surface area contributed by atoms with E-state index in [0.717, 1.165) is 11.3 Å². The average Bonchev–Trinajstić information content (AvgIpc) is 2.46. The first kappa shape index (κ1) is 13.4. The van der Waals surface area contributed by atoms with Crippen LogP contribution in [0.4, 0.5) is 0 Å². The molecule has 0 aliphatic heterocycles. The fraction of sp³-hybridized carbons (Fsp3) is 0.143. The molecule has 1 aromatic heterocycles. The minimum absolute atomic E-state index is 0.179. The van der Waals surface area contributed by atoms with Gasteiger partial charge in [0.15, 0.2) is 0 Å². The number of carbonyl (C=O) groups is 1. The van der Waals surface area contributed by atoms with Gasteiger partial charge in [-0.05, 0) is 29.8 Å². The van der Waals surface area contributed by atoms with Crippen LogP contribution in [0.2, 0.25) is 5.15 Å². The average molecular weight is 278 g/mol. The normalized spacial score (nSPS) is 10.0. The van der Waals surface area contributed by atoms with Gasteiger partial charge in [-0.25, -0.2) is 9.78 Å². The summed E-state index contributed by atoms with van der Waals surface area (Å²) in [6.45, 7) is 0.179. The number of hydrogen-bond acceptors (Lipinski definition) is 4. The maximum atomic E-state index is 11.7. The molecule has 0 saturated heterocycles. The predicted molar refractivity (Wildman–Crippen MR) is 71.4 cm³/mol. The molecule has 0 aliphatic carbocycles. The van der Waals surface area contributed by atoms with Gasteiger partial charge in [0.05, 0.1) is 12.7 Å². The van der Waals surface area contributed by atoms with E-state index < -0.39 is 5.97 Å². The standard InChI is InChI=1S/C14H12ClNO3/c1-18-12-4-2-3-10(7-12)9-19-14(17)11-5-6-13(15)16-8-11/h2-8H,9H2,1H3. The first-order valence-corrected chi connectivity index (χ1v) is 5.98. The maximum absolute atomic E-state index is 11.7. The van der Waals surface area contributed by atoms with Crippen LogP contribution >= 0.6 is 11.6 Å². The van der Waals surface area contributed by atoms with Crippen LogP contribution in [-0.2, 0) is 11.3 Å². The minimum atomic E-state index is -0.438. The van der Waals surface area contributed by atoms with Crippen molar-refractivity contribution >= 4 is 17.6 Å². The number of aromatic nitrogens is 1. The molecule has 0 radical (unpaired) electrons. The molecule has 0 amide bonds. The Balaban J connectivity index is 1.98. The predicted octanol–water partition coefficient (Wildman–Crippen LogP) is 3.10. The highest BCUT2D eigenvalue weighted by atomic mass is 35.5. The molecule has 1 heterocycles. The number of carbonyl (C=O) groups excluding carboxylic acids is 1. The van der Waals surface area contributed by atoms with Gasteiger partial charge >= 0.3 is 5.97 Å². The first-order chi connectivity index (χ1) is 9.19. The zero-order valence-electron chi connectivity index (χ0n) is 10.3. The van der Waals surface area contributed by atoms with Crippen LogP contribution < -0.4 is 4.74 Å². The summed E-state index contributed by atoms with van der Waals surface area (Å²) >= 11 is 5.65. The van der Waals surface area contributed by atoms with Crippen LogP contribution in [0.25, 0.3) is 0 Å². The molecule has 5 heteroatoms. The number of halogens is 1. The smallest absolute Gasteiger partial charge is 0.340 e. The van der Waals surface area contributed by atoms with Gasteiger partial charge in [-0.1, -0.05) is 23.7 Å². The zero-order valence-corrected chi connectivity index (χ0v) is 11.1. The summed E-state index contributed by atoms with van der Waals surface area (Å²) < 4.78 is 10.3. The molecule has 0 N–H and O–H groups in total. The van der Waals surface area contributed by atoms with Crippen LogP contribution in [0.5, 0.6) is 5.75 Å². The summed E-state index contributed by atoms with van der Waals surface area (Å²) in [5, 5.41) is 0.337. The molecule has 2 aromatic rings. The minimum Gasteiger partial charge on any atom is -0.497 e. The van der Waals surface area contributed by atoms with Crippen molar-refractivity contribution in [1.29, 1.82) is 0 Å². The third kappa shape index (κ3) is 3.69. The highest BCUT2D eigenvalue weighted by Gasteiger charge is 2.08.